The zero-order valence-electron chi connectivity index (χ0n) is 23.4. The number of hydrogen-bond donors (Lipinski definition) is 1. The number of aromatic carboxylic acids is 1. The van der Waals surface area contributed by atoms with Crippen molar-refractivity contribution in [2.75, 3.05) is 19.7 Å². The van der Waals surface area contributed by atoms with Crippen LogP contribution in [0.3, 0.4) is 0 Å². The molecule has 1 aliphatic rings. The monoisotopic (exact) mass is 512 g/mol. The standard InChI is InChI=1S/C30H41FN2O4/c1-19-16-33(20(2)15-32(19)17-21-9-11-23(31)12-10-21)26(34)18-37-27-24(29(3,4)5)13-22(28(35)36)14-25(27)30(6,7)8/h9-14,19-20H,15-18H2,1-8H3,(H,35,36). The maximum Gasteiger partial charge on any atom is 0.335 e. The van der Waals surface area contributed by atoms with E-state index in [2.05, 4.69) is 11.8 Å². The van der Waals surface area contributed by atoms with Gasteiger partial charge >= 0.3 is 5.97 Å². The first-order valence-corrected chi connectivity index (χ1v) is 12.9. The second kappa shape index (κ2) is 10.8. The van der Waals surface area contributed by atoms with Crippen molar-refractivity contribution in [2.45, 2.75) is 84.8 Å². The number of carboxylic acids is 1. The fourth-order valence-electron chi connectivity index (χ4n) is 4.83. The summed E-state index contributed by atoms with van der Waals surface area (Å²) in [4.78, 5) is 29.4. The second-order valence-corrected chi connectivity index (χ2v) is 12.3. The van der Waals surface area contributed by atoms with Gasteiger partial charge in [0.2, 0.25) is 0 Å². The molecule has 0 aromatic heterocycles. The van der Waals surface area contributed by atoms with E-state index in [1.807, 2.05) is 53.4 Å². The topological polar surface area (TPSA) is 70.1 Å². The minimum atomic E-state index is -0.986. The van der Waals surface area contributed by atoms with E-state index in [-0.39, 0.29) is 46.8 Å². The van der Waals surface area contributed by atoms with Gasteiger partial charge in [0.05, 0.1) is 5.56 Å². The molecule has 0 saturated carbocycles. The van der Waals surface area contributed by atoms with Gasteiger partial charge in [-0.05, 0) is 54.5 Å². The highest BCUT2D eigenvalue weighted by Gasteiger charge is 2.34. The normalized spacial score (nSPS) is 19.1. The number of amides is 1. The van der Waals surface area contributed by atoms with Crippen LogP contribution in [0.1, 0.15) is 82.4 Å². The molecule has 3 rings (SSSR count). The van der Waals surface area contributed by atoms with Crippen molar-refractivity contribution in [3.05, 3.63) is 64.5 Å². The number of nitrogens with zero attached hydrogens (tertiary/aromatic N) is 2. The van der Waals surface area contributed by atoms with Crippen LogP contribution >= 0.6 is 0 Å². The van der Waals surface area contributed by atoms with Crippen LogP contribution in [0, 0.1) is 5.82 Å². The molecule has 0 radical (unpaired) electrons. The van der Waals surface area contributed by atoms with Crippen LogP contribution in [-0.2, 0) is 22.2 Å². The van der Waals surface area contributed by atoms with Crippen LogP contribution in [0.2, 0.25) is 0 Å². The van der Waals surface area contributed by atoms with E-state index in [1.165, 1.54) is 12.1 Å². The minimum absolute atomic E-state index is 0.00805. The average Bonchev–Trinajstić information content (AvgIpc) is 2.79. The lowest BCUT2D eigenvalue weighted by Gasteiger charge is -2.44. The third-order valence-corrected chi connectivity index (χ3v) is 7.03. The van der Waals surface area contributed by atoms with E-state index in [9.17, 15) is 19.1 Å². The molecule has 37 heavy (non-hydrogen) atoms. The molecule has 2 aromatic carbocycles. The summed E-state index contributed by atoms with van der Waals surface area (Å²) in [6.07, 6.45) is 0. The number of carboxylic acid groups (broad SMARTS) is 1. The number of hydrogen-bond acceptors (Lipinski definition) is 4. The first kappa shape index (κ1) is 28.6. The van der Waals surface area contributed by atoms with E-state index in [1.54, 1.807) is 24.3 Å². The van der Waals surface area contributed by atoms with Crippen LogP contribution in [0.15, 0.2) is 36.4 Å². The van der Waals surface area contributed by atoms with Crippen LogP contribution in [0.5, 0.6) is 5.75 Å². The van der Waals surface area contributed by atoms with Crippen LogP contribution in [-0.4, -0.2) is 58.6 Å². The Morgan fingerprint density at radius 3 is 1.97 bits per heavy atom. The minimum Gasteiger partial charge on any atom is -0.483 e. The van der Waals surface area contributed by atoms with E-state index in [0.29, 0.717) is 25.4 Å². The van der Waals surface area contributed by atoms with Crippen molar-refractivity contribution >= 4 is 11.9 Å². The molecule has 1 amide bonds. The molecule has 0 spiro atoms. The smallest absolute Gasteiger partial charge is 0.335 e. The van der Waals surface area contributed by atoms with E-state index in [4.69, 9.17) is 4.74 Å². The van der Waals surface area contributed by atoms with Crippen LogP contribution in [0.4, 0.5) is 4.39 Å². The number of piperazine rings is 1. The van der Waals surface area contributed by atoms with Crippen LogP contribution in [0.25, 0.3) is 0 Å². The number of benzene rings is 2. The summed E-state index contributed by atoms with van der Waals surface area (Å²) < 4.78 is 19.5. The zero-order valence-corrected chi connectivity index (χ0v) is 23.4. The lowest BCUT2D eigenvalue weighted by molar-refractivity contribution is -0.139. The number of halogens is 1. The van der Waals surface area contributed by atoms with Gasteiger partial charge in [0, 0.05) is 42.8 Å². The van der Waals surface area contributed by atoms with Gasteiger partial charge in [-0.3, -0.25) is 9.69 Å². The van der Waals surface area contributed by atoms with Crippen molar-refractivity contribution in [3.8, 4) is 5.75 Å². The third-order valence-electron chi connectivity index (χ3n) is 7.03. The number of carbonyl (C=O) groups excluding carboxylic acids is 1. The quantitative estimate of drug-likeness (QED) is 0.544. The SMILES string of the molecule is CC1CN(C(=O)COc2c(C(C)(C)C)cc(C(=O)O)cc2C(C)(C)C)C(C)CN1Cc1ccc(F)cc1. The van der Waals surface area contributed by atoms with Crippen molar-refractivity contribution in [2.24, 2.45) is 0 Å². The Balaban J connectivity index is 1.78. The van der Waals surface area contributed by atoms with E-state index in [0.717, 1.165) is 16.7 Å². The molecular weight excluding hydrogens is 471 g/mol. The Morgan fingerprint density at radius 2 is 1.49 bits per heavy atom. The fourth-order valence-corrected chi connectivity index (χ4v) is 4.83. The lowest BCUT2D eigenvalue weighted by atomic mass is 9.78. The molecule has 2 atom stereocenters. The molecule has 2 unspecified atom stereocenters. The zero-order chi connectivity index (χ0) is 27.7. The Bertz CT molecular complexity index is 1100. The van der Waals surface area contributed by atoms with E-state index < -0.39 is 5.97 Å². The van der Waals surface area contributed by atoms with Gasteiger partial charge in [0.1, 0.15) is 11.6 Å². The predicted octanol–water partition coefficient (Wildman–Crippen LogP) is 5.62. The highest BCUT2D eigenvalue weighted by molar-refractivity contribution is 5.89. The molecule has 202 valence electrons. The van der Waals surface area contributed by atoms with Gasteiger partial charge in [0.25, 0.3) is 5.91 Å². The third kappa shape index (κ3) is 6.89. The molecule has 2 aromatic rings. The highest BCUT2D eigenvalue weighted by atomic mass is 19.1. The Labute approximate surface area is 220 Å². The molecule has 1 fully saturated rings. The van der Waals surface area contributed by atoms with Gasteiger partial charge in [0.15, 0.2) is 6.61 Å². The summed E-state index contributed by atoms with van der Waals surface area (Å²) in [5.74, 6) is -0.737. The number of ether oxygens (including phenoxy) is 1. The van der Waals surface area contributed by atoms with Gasteiger partial charge in [-0.1, -0.05) is 53.7 Å². The summed E-state index contributed by atoms with van der Waals surface area (Å²) in [7, 11) is 0. The maximum atomic E-state index is 13.4. The first-order valence-electron chi connectivity index (χ1n) is 12.9. The summed E-state index contributed by atoms with van der Waals surface area (Å²) in [5.41, 5.74) is 2.05. The van der Waals surface area contributed by atoms with Gasteiger partial charge in [-0.15, -0.1) is 0 Å². The Hall–Kier alpha value is -2.93. The summed E-state index contributed by atoms with van der Waals surface area (Å²) in [5, 5.41) is 9.70. The molecule has 1 N–H and O–H groups in total. The largest absolute Gasteiger partial charge is 0.483 e. The fraction of sp³-hybridized carbons (Fsp3) is 0.533. The van der Waals surface area contributed by atoms with Crippen LogP contribution < -0.4 is 4.74 Å². The van der Waals surface area contributed by atoms with Gasteiger partial charge in [-0.25, -0.2) is 9.18 Å². The molecular formula is C30H41FN2O4. The van der Waals surface area contributed by atoms with Crippen molar-refractivity contribution in [1.82, 2.24) is 9.80 Å². The van der Waals surface area contributed by atoms with Crippen molar-refractivity contribution < 1.29 is 23.8 Å². The Morgan fingerprint density at radius 1 is 0.946 bits per heavy atom. The van der Waals surface area contributed by atoms with Crippen molar-refractivity contribution in [1.29, 1.82) is 0 Å². The second-order valence-electron chi connectivity index (χ2n) is 12.3. The molecule has 0 bridgehead atoms. The molecule has 1 heterocycles. The number of carbonyl (C=O) groups is 2. The van der Waals surface area contributed by atoms with Gasteiger partial charge in [-0.2, -0.15) is 0 Å². The average molecular weight is 513 g/mol. The summed E-state index contributed by atoms with van der Waals surface area (Å²) in [6.45, 7) is 18.1. The molecule has 7 heteroatoms. The Kier molecular flexibility index (Phi) is 8.37. The lowest BCUT2D eigenvalue weighted by Crippen LogP contribution is -2.58. The summed E-state index contributed by atoms with van der Waals surface area (Å²) >= 11 is 0. The molecule has 1 aliphatic heterocycles. The predicted molar refractivity (Wildman–Crippen MR) is 144 cm³/mol. The maximum absolute atomic E-state index is 13.4. The van der Waals surface area contributed by atoms with Crippen molar-refractivity contribution in [3.63, 3.8) is 0 Å². The molecule has 6 nitrogen and oxygen atoms in total. The molecule has 0 aliphatic carbocycles. The highest BCUT2D eigenvalue weighted by Crippen LogP contribution is 2.41. The van der Waals surface area contributed by atoms with Gasteiger partial charge < -0.3 is 14.7 Å². The summed E-state index contributed by atoms with van der Waals surface area (Å²) in [6, 6.07) is 10.00. The first-order chi connectivity index (χ1) is 17.1. The van der Waals surface area contributed by atoms with E-state index >= 15 is 0 Å². The molecule has 1 saturated heterocycles. The number of rotatable bonds is 6.